The van der Waals surface area contributed by atoms with Gasteiger partial charge in [-0.3, -0.25) is 4.79 Å². The summed E-state index contributed by atoms with van der Waals surface area (Å²) < 4.78 is 11.7. The molecule has 0 aliphatic heterocycles. The summed E-state index contributed by atoms with van der Waals surface area (Å²) in [5, 5.41) is 2.91. The van der Waals surface area contributed by atoms with Crippen LogP contribution in [0.2, 0.25) is 0 Å². The average molecular weight is 530 g/mol. The zero-order chi connectivity index (χ0) is 24.8. The summed E-state index contributed by atoms with van der Waals surface area (Å²) in [4.78, 5) is 24.8. The molecule has 4 rings (SSSR count). The highest BCUT2D eigenvalue weighted by atomic mass is 79.9. The summed E-state index contributed by atoms with van der Waals surface area (Å²) in [7, 11) is 0. The maximum Gasteiger partial charge on any atom is 0.349 e. The van der Waals surface area contributed by atoms with E-state index in [4.69, 9.17) is 9.47 Å². The number of hydrogen-bond acceptors (Lipinski definition) is 4. The molecule has 1 N–H and O–H groups in total. The quantitative estimate of drug-likeness (QED) is 0.207. The van der Waals surface area contributed by atoms with Crippen LogP contribution in [0.4, 0.5) is 5.69 Å². The molecule has 0 radical (unpaired) electrons. The van der Waals surface area contributed by atoms with Crippen molar-refractivity contribution in [2.75, 3.05) is 11.9 Å². The first-order valence-corrected chi connectivity index (χ1v) is 11.9. The Morgan fingerprint density at radius 3 is 2.29 bits per heavy atom. The van der Waals surface area contributed by atoms with Gasteiger partial charge >= 0.3 is 5.97 Å². The van der Waals surface area contributed by atoms with Gasteiger partial charge in [-0.2, -0.15) is 0 Å². The Morgan fingerprint density at radius 2 is 1.57 bits per heavy atom. The molecule has 176 valence electrons. The smallest absolute Gasteiger partial charge is 0.349 e. The van der Waals surface area contributed by atoms with Gasteiger partial charge < -0.3 is 14.8 Å². The fourth-order valence-corrected chi connectivity index (χ4v) is 3.96. The highest BCUT2D eigenvalue weighted by molar-refractivity contribution is 9.10. The second kappa shape index (κ2) is 11.0. The van der Waals surface area contributed by atoms with Crippen molar-refractivity contribution in [1.29, 1.82) is 0 Å². The fourth-order valence-electron chi connectivity index (χ4n) is 3.46. The molecule has 6 heteroatoms. The Labute approximate surface area is 212 Å². The summed E-state index contributed by atoms with van der Waals surface area (Å²) in [5.41, 5.74) is 5.40. The number of benzene rings is 4. The molecule has 4 aromatic carbocycles. The number of nitrogens with one attached hydrogen (secondary N) is 1. The van der Waals surface area contributed by atoms with Gasteiger partial charge in [0, 0.05) is 11.3 Å². The molecule has 1 amide bonds. The van der Waals surface area contributed by atoms with E-state index in [1.54, 1.807) is 24.3 Å². The zero-order valence-electron chi connectivity index (χ0n) is 19.4. The lowest BCUT2D eigenvalue weighted by atomic mass is 10.1. The molecule has 0 spiro atoms. The third-order valence-corrected chi connectivity index (χ3v) is 5.99. The van der Waals surface area contributed by atoms with Gasteiger partial charge in [0.2, 0.25) is 0 Å². The first kappa shape index (κ1) is 24.2. The van der Waals surface area contributed by atoms with Crippen LogP contribution in [0.15, 0.2) is 95.5 Å². The molecule has 0 aliphatic carbocycles. The van der Waals surface area contributed by atoms with Crippen molar-refractivity contribution in [2.45, 2.75) is 13.8 Å². The van der Waals surface area contributed by atoms with Crippen LogP contribution < -0.4 is 14.8 Å². The number of aryl methyl sites for hydroxylation is 2. The second-order valence-corrected chi connectivity index (χ2v) is 8.93. The minimum absolute atomic E-state index is 0.233. The van der Waals surface area contributed by atoms with Crippen LogP contribution in [0.1, 0.15) is 21.5 Å². The number of carbonyl (C=O) groups excluding carboxylic acids is 2. The fraction of sp³-hybridized carbons (Fsp3) is 0.103. The maximum atomic E-state index is 12.6. The summed E-state index contributed by atoms with van der Waals surface area (Å²) in [5.74, 6) is 0.0980. The van der Waals surface area contributed by atoms with E-state index in [1.165, 1.54) is 0 Å². The van der Waals surface area contributed by atoms with Crippen LogP contribution in [0, 0.1) is 13.8 Å². The number of anilines is 1. The Morgan fingerprint density at radius 1 is 0.829 bits per heavy atom. The van der Waals surface area contributed by atoms with Gasteiger partial charge in [0.15, 0.2) is 6.61 Å². The van der Waals surface area contributed by atoms with Crippen molar-refractivity contribution in [1.82, 2.24) is 0 Å². The number of ether oxygens (including phenoxy) is 2. The predicted octanol–water partition coefficient (Wildman–Crippen LogP) is 6.97. The average Bonchev–Trinajstić information content (AvgIpc) is 2.86. The third kappa shape index (κ3) is 6.37. The molecule has 0 unspecified atom stereocenters. The standard InChI is InChI=1S/C29H24BrNO4/c1-19-8-9-20(2)26(16-19)31-29(33)22-10-13-24(14-11-22)35-28(32)18-34-27-15-12-23(17-25(27)30)21-6-4-3-5-7-21/h3-17H,18H2,1-2H3,(H,31,33). The van der Waals surface area contributed by atoms with E-state index in [0.29, 0.717) is 17.1 Å². The normalized spacial score (nSPS) is 10.5. The number of rotatable bonds is 7. The third-order valence-electron chi connectivity index (χ3n) is 5.37. The Hall–Kier alpha value is -3.90. The van der Waals surface area contributed by atoms with Gasteiger partial charge in [0.25, 0.3) is 5.91 Å². The Bertz CT molecular complexity index is 1350. The van der Waals surface area contributed by atoms with E-state index in [2.05, 4.69) is 21.2 Å². The van der Waals surface area contributed by atoms with Crippen molar-refractivity contribution < 1.29 is 19.1 Å². The van der Waals surface area contributed by atoms with Crippen LogP contribution in [0.5, 0.6) is 11.5 Å². The topological polar surface area (TPSA) is 64.6 Å². The summed E-state index contributed by atoms with van der Waals surface area (Å²) in [6.07, 6.45) is 0. The SMILES string of the molecule is Cc1ccc(C)c(NC(=O)c2ccc(OC(=O)COc3ccc(-c4ccccc4)cc3Br)cc2)c1. The molecule has 0 saturated heterocycles. The van der Waals surface area contributed by atoms with Crippen molar-refractivity contribution in [3.63, 3.8) is 0 Å². The Kier molecular flexibility index (Phi) is 7.63. The molecule has 5 nitrogen and oxygen atoms in total. The summed E-state index contributed by atoms with van der Waals surface area (Å²) in [6.45, 7) is 3.66. The van der Waals surface area contributed by atoms with Gasteiger partial charge in [-0.15, -0.1) is 0 Å². The highest BCUT2D eigenvalue weighted by Crippen LogP contribution is 2.30. The second-order valence-electron chi connectivity index (χ2n) is 8.07. The molecular formula is C29H24BrNO4. The molecule has 0 fully saturated rings. The first-order chi connectivity index (χ1) is 16.9. The van der Waals surface area contributed by atoms with E-state index >= 15 is 0 Å². The van der Waals surface area contributed by atoms with Gasteiger partial charge in [0.1, 0.15) is 11.5 Å². The zero-order valence-corrected chi connectivity index (χ0v) is 21.0. The van der Waals surface area contributed by atoms with Gasteiger partial charge in [-0.1, -0.05) is 48.5 Å². The number of carbonyl (C=O) groups is 2. The molecule has 0 heterocycles. The largest absolute Gasteiger partial charge is 0.481 e. The van der Waals surface area contributed by atoms with E-state index in [9.17, 15) is 9.59 Å². The van der Waals surface area contributed by atoms with Crippen LogP contribution in [0.25, 0.3) is 11.1 Å². The highest BCUT2D eigenvalue weighted by Gasteiger charge is 2.12. The predicted molar refractivity (Wildman–Crippen MR) is 141 cm³/mol. The van der Waals surface area contributed by atoms with E-state index in [1.807, 2.05) is 80.6 Å². The molecule has 0 atom stereocenters. The number of esters is 1. The molecule has 4 aromatic rings. The molecule has 0 aliphatic rings. The minimum atomic E-state index is -0.545. The van der Waals surface area contributed by atoms with E-state index in [0.717, 1.165) is 32.4 Å². The minimum Gasteiger partial charge on any atom is -0.481 e. The van der Waals surface area contributed by atoms with Crippen molar-refractivity contribution >= 4 is 33.5 Å². The van der Waals surface area contributed by atoms with Gasteiger partial charge in [-0.25, -0.2) is 4.79 Å². The summed E-state index contributed by atoms with van der Waals surface area (Å²) >= 11 is 3.50. The summed E-state index contributed by atoms with van der Waals surface area (Å²) in [6, 6.07) is 27.9. The molecule has 35 heavy (non-hydrogen) atoms. The lowest BCUT2D eigenvalue weighted by Gasteiger charge is -2.11. The van der Waals surface area contributed by atoms with Gasteiger partial charge in [-0.05, 0) is 94.5 Å². The number of hydrogen-bond donors (Lipinski definition) is 1. The van der Waals surface area contributed by atoms with E-state index < -0.39 is 5.97 Å². The van der Waals surface area contributed by atoms with Crippen LogP contribution in [-0.2, 0) is 4.79 Å². The lowest BCUT2D eigenvalue weighted by Crippen LogP contribution is -2.18. The van der Waals surface area contributed by atoms with Crippen molar-refractivity contribution in [3.8, 4) is 22.6 Å². The maximum absolute atomic E-state index is 12.6. The van der Waals surface area contributed by atoms with Crippen molar-refractivity contribution in [2.24, 2.45) is 0 Å². The Balaban J connectivity index is 1.31. The molecule has 0 bridgehead atoms. The van der Waals surface area contributed by atoms with Gasteiger partial charge in [0.05, 0.1) is 4.47 Å². The van der Waals surface area contributed by atoms with Crippen LogP contribution in [0.3, 0.4) is 0 Å². The van der Waals surface area contributed by atoms with Crippen LogP contribution in [-0.4, -0.2) is 18.5 Å². The van der Waals surface area contributed by atoms with E-state index in [-0.39, 0.29) is 12.5 Å². The monoisotopic (exact) mass is 529 g/mol. The van der Waals surface area contributed by atoms with Crippen LogP contribution >= 0.6 is 15.9 Å². The molecule has 0 saturated carbocycles. The first-order valence-electron chi connectivity index (χ1n) is 11.1. The lowest BCUT2D eigenvalue weighted by molar-refractivity contribution is -0.136. The number of amides is 1. The number of halogens is 1. The molecular weight excluding hydrogens is 506 g/mol. The molecule has 0 aromatic heterocycles. The van der Waals surface area contributed by atoms with Crippen molar-refractivity contribution in [3.05, 3.63) is 112 Å².